The lowest BCUT2D eigenvalue weighted by Crippen LogP contribution is -2.43. The van der Waals surface area contributed by atoms with Crippen LogP contribution in [0.2, 0.25) is 6.04 Å². The van der Waals surface area contributed by atoms with Crippen molar-refractivity contribution in [2.45, 2.75) is 66.3 Å². The molecule has 0 bridgehead atoms. The van der Waals surface area contributed by atoms with Gasteiger partial charge in [-0.15, -0.1) is 0 Å². The monoisotopic (exact) mass is 478 g/mol. The molecule has 0 rings (SSSR count). The lowest BCUT2D eigenvalue weighted by atomic mass is 9.73. The lowest BCUT2D eigenvalue weighted by molar-refractivity contribution is -0.160. The third-order valence-electron chi connectivity index (χ3n) is 5.88. The average Bonchev–Trinajstić information content (AvgIpc) is 2.78. The summed E-state index contributed by atoms with van der Waals surface area (Å²) in [5, 5.41) is 0. The summed E-state index contributed by atoms with van der Waals surface area (Å²) in [4.78, 5) is 37.8. The number of methoxy groups -OCH3 is 1. The molecule has 188 valence electrons. The molecule has 0 aliphatic heterocycles. The fraction of sp³-hybridized carbons (Fsp3) is 0.864. The molecule has 2 unspecified atom stereocenters. The van der Waals surface area contributed by atoms with Crippen LogP contribution in [0, 0.1) is 16.7 Å². The van der Waals surface area contributed by atoms with Crippen LogP contribution in [0.4, 0.5) is 0 Å². The molecule has 0 N–H and O–H groups in total. The Morgan fingerprint density at radius 2 is 1.41 bits per heavy atom. The van der Waals surface area contributed by atoms with E-state index in [1.807, 2.05) is 6.92 Å². The van der Waals surface area contributed by atoms with Gasteiger partial charge in [-0.1, -0.05) is 6.92 Å². The highest BCUT2D eigenvalue weighted by Crippen LogP contribution is 2.38. The van der Waals surface area contributed by atoms with Gasteiger partial charge in [0.05, 0.1) is 37.1 Å². The van der Waals surface area contributed by atoms with Gasteiger partial charge in [0.2, 0.25) is 0 Å². The van der Waals surface area contributed by atoms with E-state index in [1.54, 1.807) is 27.7 Å². The maximum absolute atomic E-state index is 12.8. The molecule has 0 aromatic carbocycles. The van der Waals surface area contributed by atoms with Crippen molar-refractivity contribution in [3.8, 4) is 0 Å². The quantitative estimate of drug-likeness (QED) is 0.143. The van der Waals surface area contributed by atoms with Crippen molar-refractivity contribution in [1.29, 1.82) is 0 Å². The Morgan fingerprint density at radius 3 is 1.84 bits per heavy atom. The van der Waals surface area contributed by atoms with E-state index in [4.69, 9.17) is 27.5 Å². The lowest BCUT2D eigenvalue weighted by Gasteiger charge is -2.32. The molecule has 0 aliphatic carbocycles. The summed E-state index contributed by atoms with van der Waals surface area (Å²) in [6.45, 7) is 9.17. The Morgan fingerprint density at radius 1 is 0.844 bits per heavy atom. The van der Waals surface area contributed by atoms with Crippen LogP contribution in [0.5, 0.6) is 0 Å². The van der Waals surface area contributed by atoms with Gasteiger partial charge in [-0.25, -0.2) is 0 Å². The van der Waals surface area contributed by atoms with Gasteiger partial charge in [0.15, 0.2) is 0 Å². The molecule has 0 aliphatic rings. The number of hydrogen-bond donors (Lipinski definition) is 0. The SMILES string of the molecule is CCOC(=O)C(CC(C)(C)C(=O)OCCC[Si](OC)(OC)OC)CC(C)(CC)C(=O)OC. The van der Waals surface area contributed by atoms with E-state index < -0.39 is 43.5 Å². The molecule has 32 heavy (non-hydrogen) atoms. The summed E-state index contributed by atoms with van der Waals surface area (Å²) < 4.78 is 31.7. The third-order valence-corrected chi connectivity index (χ3v) is 8.71. The number of esters is 3. The highest BCUT2D eigenvalue weighted by molar-refractivity contribution is 6.60. The predicted molar refractivity (Wildman–Crippen MR) is 121 cm³/mol. The Hall–Kier alpha value is -1.49. The third kappa shape index (κ3) is 8.80. The molecule has 0 aromatic heterocycles. The molecule has 10 heteroatoms. The zero-order valence-electron chi connectivity index (χ0n) is 21.2. The number of carbonyl (C=O) groups is 3. The van der Waals surface area contributed by atoms with Crippen LogP contribution in [0.3, 0.4) is 0 Å². The van der Waals surface area contributed by atoms with Crippen molar-refractivity contribution in [2.75, 3.05) is 41.7 Å². The summed E-state index contributed by atoms with van der Waals surface area (Å²) in [6, 6.07) is 0.504. The molecule has 9 nitrogen and oxygen atoms in total. The summed E-state index contributed by atoms with van der Waals surface area (Å²) in [5.41, 5.74) is -1.82. The molecule has 0 saturated heterocycles. The van der Waals surface area contributed by atoms with E-state index in [-0.39, 0.29) is 26.1 Å². The number of hydrogen-bond acceptors (Lipinski definition) is 9. The fourth-order valence-electron chi connectivity index (χ4n) is 3.57. The van der Waals surface area contributed by atoms with Crippen LogP contribution in [0.25, 0.3) is 0 Å². The molecule has 0 spiro atoms. The van der Waals surface area contributed by atoms with Crippen molar-refractivity contribution >= 4 is 26.7 Å². The van der Waals surface area contributed by atoms with Crippen LogP contribution < -0.4 is 0 Å². The minimum atomic E-state index is -2.73. The summed E-state index contributed by atoms with van der Waals surface area (Å²) in [5.74, 6) is -1.91. The summed E-state index contributed by atoms with van der Waals surface area (Å²) in [6.07, 6.45) is 1.41. The molecular weight excluding hydrogens is 436 g/mol. The van der Waals surface area contributed by atoms with Gasteiger partial charge in [-0.2, -0.15) is 0 Å². The van der Waals surface area contributed by atoms with Crippen molar-refractivity contribution in [2.24, 2.45) is 16.7 Å². The molecular formula is C22H42O9Si. The van der Waals surface area contributed by atoms with Gasteiger partial charge in [0.1, 0.15) is 0 Å². The van der Waals surface area contributed by atoms with Crippen LogP contribution >= 0.6 is 0 Å². The van der Waals surface area contributed by atoms with E-state index in [1.165, 1.54) is 28.4 Å². The first-order chi connectivity index (χ1) is 14.9. The van der Waals surface area contributed by atoms with E-state index in [2.05, 4.69) is 0 Å². The van der Waals surface area contributed by atoms with Crippen molar-refractivity contribution in [1.82, 2.24) is 0 Å². The molecule has 2 atom stereocenters. The summed E-state index contributed by atoms with van der Waals surface area (Å²) >= 11 is 0. The molecule has 0 aromatic rings. The number of ether oxygens (including phenoxy) is 3. The molecule has 0 heterocycles. The number of rotatable bonds is 16. The first-order valence-electron chi connectivity index (χ1n) is 11.0. The van der Waals surface area contributed by atoms with Crippen molar-refractivity contribution in [3.05, 3.63) is 0 Å². The Labute approximate surface area is 193 Å². The van der Waals surface area contributed by atoms with E-state index in [0.29, 0.717) is 18.9 Å². The highest BCUT2D eigenvalue weighted by atomic mass is 28.4. The average molecular weight is 479 g/mol. The Kier molecular flexibility index (Phi) is 13.3. The smallest absolute Gasteiger partial charge is 0.469 e. The van der Waals surface area contributed by atoms with Gasteiger partial charge in [-0.05, 0) is 53.4 Å². The van der Waals surface area contributed by atoms with E-state index in [0.717, 1.165) is 0 Å². The maximum atomic E-state index is 12.8. The first-order valence-corrected chi connectivity index (χ1v) is 12.9. The van der Waals surface area contributed by atoms with Gasteiger partial charge < -0.3 is 27.5 Å². The molecule has 0 fully saturated rings. The maximum Gasteiger partial charge on any atom is 0.500 e. The normalized spacial score (nSPS) is 14.9. The second-order valence-corrected chi connectivity index (χ2v) is 11.8. The van der Waals surface area contributed by atoms with Gasteiger partial charge in [0, 0.05) is 27.4 Å². The van der Waals surface area contributed by atoms with Crippen LogP contribution in [0.15, 0.2) is 0 Å². The topological polar surface area (TPSA) is 107 Å². The molecule has 0 amide bonds. The fourth-order valence-corrected chi connectivity index (χ4v) is 5.26. The first kappa shape index (κ1) is 30.5. The zero-order chi connectivity index (χ0) is 25.0. The van der Waals surface area contributed by atoms with Crippen LogP contribution in [-0.2, 0) is 41.9 Å². The number of carbonyl (C=O) groups excluding carboxylic acids is 3. The van der Waals surface area contributed by atoms with Gasteiger partial charge >= 0.3 is 26.7 Å². The summed E-state index contributed by atoms with van der Waals surface area (Å²) in [7, 11) is 3.19. The Bertz CT molecular complexity index is 596. The van der Waals surface area contributed by atoms with Gasteiger partial charge in [-0.3, -0.25) is 14.4 Å². The molecule has 0 radical (unpaired) electrons. The van der Waals surface area contributed by atoms with Crippen molar-refractivity contribution in [3.63, 3.8) is 0 Å². The largest absolute Gasteiger partial charge is 0.500 e. The van der Waals surface area contributed by atoms with E-state index >= 15 is 0 Å². The highest BCUT2D eigenvalue weighted by Gasteiger charge is 2.42. The minimum Gasteiger partial charge on any atom is -0.469 e. The van der Waals surface area contributed by atoms with Crippen LogP contribution in [0.1, 0.15) is 60.3 Å². The zero-order valence-corrected chi connectivity index (χ0v) is 22.2. The molecule has 0 saturated carbocycles. The second-order valence-electron chi connectivity index (χ2n) is 8.68. The minimum absolute atomic E-state index is 0.173. The van der Waals surface area contributed by atoms with E-state index in [9.17, 15) is 14.4 Å². The standard InChI is InChI=1S/C22H42O9Si/c1-10-22(5,20(25)26-6)16-17(18(23)30-11-2)15-21(3,4)19(24)31-13-12-14-32(27-7,28-8)29-9/h17H,10-16H2,1-9H3. The second kappa shape index (κ2) is 13.9. The Balaban J connectivity index is 5.22. The van der Waals surface area contributed by atoms with Crippen molar-refractivity contribution < 1.29 is 41.9 Å². The van der Waals surface area contributed by atoms with Crippen LogP contribution in [-0.4, -0.2) is 68.4 Å². The predicted octanol–water partition coefficient (Wildman–Crippen LogP) is 3.37. The van der Waals surface area contributed by atoms with Gasteiger partial charge in [0.25, 0.3) is 0 Å².